The van der Waals surface area contributed by atoms with Crippen LogP contribution in [-0.2, 0) is 0 Å². The molecule has 2 N–H and O–H groups in total. The van der Waals surface area contributed by atoms with Crippen LogP contribution in [0.25, 0.3) is 0 Å². The summed E-state index contributed by atoms with van der Waals surface area (Å²) in [5.74, 6) is 3.69. The topological polar surface area (TPSA) is 32.3 Å². The minimum absolute atomic E-state index is 0.423. The predicted octanol–water partition coefficient (Wildman–Crippen LogP) is 2.27. The lowest BCUT2D eigenvalue weighted by molar-refractivity contribution is 0.0585. The van der Waals surface area contributed by atoms with E-state index in [0.29, 0.717) is 6.04 Å². The molecule has 2 fully saturated rings. The van der Waals surface area contributed by atoms with Crippen molar-refractivity contribution in [2.75, 3.05) is 18.1 Å². The van der Waals surface area contributed by atoms with E-state index in [4.69, 9.17) is 0 Å². The van der Waals surface area contributed by atoms with E-state index in [9.17, 15) is 5.11 Å². The van der Waals surface area contributed by atoms with Crippen molar-refractivity contribution in [3.63, 3.8) is 0 Å². The van der Waals surface area contributed by atoms with Crippen LogP contribution >= 0.6 is 11.8 Å². The van der Waals surface area contributed by atoms with Gasteiger partial charge in [0.2, 0.25) is 0 Å². The van der Waals surface area contributed by atoms with E-state index in [1.54, 1.807) is 0 Å². The molecule has 1 saturated carbocycles. The largest absolute Gasteiger partial charge is 0.388 e. The second-order valence-corrected chi connectivity index (χ2v) is 7.02. The zero-order valence-corrected chi connectivity index (χ0v) is 11.4. The van der Waals surface area contributed by atoms with Crippen molar-refractivity contribution < 1.29 is 5.11 Å². The third-order valence-corrected chi connectivity index (χ3v) is 5.44. The molecule has 16 heavy (non-hydrogen) atoms. The number of aliphatic hydroxyl groups is 1. The van der Waals surface area contributed by atoms with Gasteiger partial charge in [0.05, 0.1) is 5.60 Å². The standard InChI is InChI=1S/C13H25NOS/c1-10-3-4-12(11(2)7-10)14-8-13(15)5-6-16-9-13/h10-12,14-15H,3-9H2,1-2H3/t10-,11-,12+,13-/m1/s1. The van der Waals surface area contributed by atoms with Crippen molar-refractivity contribution in [2.45, 2.75) is 51.2 Å². The van der Waals surface area contributed by atoms with E-state index < -0.39 is 5.60 Å². The second-order valence-electron chi connectivity index (χ2n) is 5.91. The third kappa shape index (κ3) is 3.14. The summed E-state index contributed by atoms with van der Waals surface area (Å²) in [6, 6.07) is 0.630. The maximum Gasteiger partial charge on any atom is 0.0869 e. The van der Waals surface area contributed by atoms with Crippen LogP contribution in [0.4, 0.5) is 0 Å². The predicted molar refractivity (Wildman–Crippen MR) is 70.9 cm³/mol. The van der Waals surface area contributed by atoms with Crippen LogP contribution < -0.4 is 5.32 Å². The highest BCUT2D eigenvalue weighted by atomic mass is 32.2. The number of hydrogen-bond acceptors (Lipinski definition) is 3. The summed E-state index contributed by atoms with van der Waals surface area (Å²) in [4.78, 5) is 0. The lowest BCUT2D eigenvalue weighted by Crippen LogP contribution is -2.48. The first-order valence-electron chi connectivity index (χ1n) is 6.62. The maximum atomic E-state index is 10.3. The molecule has 0 aromatic carbocycles. The van der Waals surface area contributed by atoms with Crippen LogP contribution in [0.3, 0.4) is 0 Å². The van der Waals surface area contributed by atoms with Gasteiger partial charge in [0.15, 0.2) is 0 Å². The molecule has 3 heteroatoms. The summed E-state index contributed by atoms with van der Waals surface area (Å²) in [6.45, 7) is 5.50. The molecule has 0 amide bonds. The molecule has 1 saturated heterocycles. The van der Waals surface area contributed by atoms with Gasteiger partial charge >= 0.3 is 0 Å². The molecule has 2 nitrogen and oxygen atoms in total. The van der Waals surface area contributed by atoms with Gasteiger partial charge in [0, 0.05) is 18.3 Å². The Bertz CT molecular complexity index is 228. The number of thioether (sulfide) groups is 1. The number of hydrogen-bond donors (Lipinski definition) is 2. The van der Waals surface area contributed by atoms with Crippen LogP contribution in [-0.4, -0.2) is 34.8 Å². The van der Waals surface area contributed by atoms with Gasteiger partial charge in [-0.15, -0.1) is 0 Å². The lowest BCUT2D eigenvalue weighted by atomic mass is 9.79. The van der Waals surface area contributed by atoms with Gasteiger partial charge in [-0.1, -0.05) is 13.8 Å². The van der Waals surface area contributed by atoms with Crippen molar-refractivity contribution in [3.05, 3.63) is 0 Å². The third-order valence-electron chi connectivity index (χ3n) is 4.21. The van der Waals surface area contributed by atoms with Gasteiger partial charge in [0.1, 0.15) is 0 Å². The Hall–Kier alpha value is 0.270. The average molecular weight is 243 g/mol. The summed E-state index contributed by atoms with van der Waals surface area (Å²) in [6.07, 6.45) is 4.92. The van der Waals surface area contributed by atoms with Crippen molar-refractivity contribution in [1.29, 1.82) is 0 Å². The van der Waals surface area contributed by atoms with Crippen LogP contribution in [0.2, 0.25) is 0 Å². The molecule has 0 radical (unpaired) electrons. The summed E-state index contributed by atoms with van der Waals surface area (Å²) in [5.41, 5.74) is -0.423. The van der Waals surface area contributed by atoms with E-state index in [1.165, 1.54) is 19.3 Å². The Balaban J connectivity index is 1.77. The summed E-state index contributed by atoms with van der Waals surface area (Å²) >= 11 is 1.88. The molecule has 1 heterocycles. The van der Waals surface area contributed by atoms with Crippen LogP contribution in [0, 0.1) is 11.8 Å². The van der Waals surface area contributed by atoms with Crippen molar-refractivity contribution >= 4 is 11.8 Å². The quantitative estimate of drug-likeness (QED) is 0.797. The molecule has 0 unspecified atom stereocenters. The molecule has 0 aromatic rings. The summed E-state index contributed by atoms with van der Waals surface area (Å²) < 4.78 is 0. The lowest BCUT2D eigenvalue weighted by Gasteiger charge is -2.35. The number of rotatable bonds is 3. The Labute approximate surface area is 104 Å². The number of nitrogens with one attached hydrogen (secondary N) is 1. The van der Waals surface area contributed by atoms with Gasteiger partial charge in [-0.2, -0.15) is 11.8 Å². The Morgan fingerprint density at radius 3 is 2.81 bits per heavy atom. The van der Waals surface area contributed by atoms with E-state index in [2.05, 4.69) is 19.2 Å². The normalized spacial score (nSPS) is 44.8. The summed E-state index contributed by atoms with van der Waals surface area (Å²) in [7, 11) is 0. The molecule has 0 spiro atoms. The van der Waals surface area contributed by atoms with E-state index in [1.807, 2.05) is 11.8 Å². The van der Waals surface area contributed by atoms with Crippen LogP contribution in [0.1, 0.15) is 39.5 Å². The summed E-state index contributed by atoms with van der Waals surface area (Å²) in [5, 5.41) is 13.9. The van der Waals surface area contributed by atoms with Crippen LogP contribution in [0.5, 0.6) is 0 Å². The van der Waals surface area contributed by atoms with Crippen LogP contribution in [0.15, 0.2) is 0 Å². The first kappa shape index (κ1) is 12.7. The van der Waals surface area contributed by atoms with E-state index in [0.717, 1.165) is 36.3 Å². The molecular formula is C13H25NOS. The van der Waals surface area contributed by atoms with Gasteiger partial charge in [-0.25, -0.2) is 0 Å². The molecule has 0 bridgehead atoms. The molecule has 2 rings (SSSR count). The molecule has 1 aliphatic heterocycles. The average Bonchev–Trinajstić information content (AvgIpc) is 2.64. The maximum absolute atomic E-state index is 10.3. The molecule has 4 atom stereocenters. The van der Waals surface area contributed by atoms with E-state index >= 15 is 0 Å². The molecular weight excluding hydrogens is 218 g/mol. The monoisotopic (exact) mass is 243 g/mol. The smallest absolute Gasteiger partial charge is 0.0869 e. The molecule has 94 valence electrons. The van der Waals surface area contributed by atoms with Gasteiger partial charge in [-0.3, -0.25) is 0 Å². The minimum Gasteiger partial charge on any atom is -0.388 e. The Morgan fingerprint density at radius 1 is 1.38 bits per heavy atom. The molecule has 2 aliphatic rings. The molecule has 1 aliphatic carbocycles. The SMILES string of the molecule is C[C@@H]1CC[C@H](NC[C@]2(O)CCSC2)[C@H](C)C1. The van der Waals surface area contributed by atoms with Crippen molar-refractivity contribution in [3.8, 4) is 0 Å². The Kier molecular flexibility index (Phi) is 4.20. The second kappa shape index (κ2) is 5.28. The fourth-order valence-electron chi connectivity index (χ4n) is 3.03. The highest BCUT2D eigenvalue weighted by molar-refractivity contribution is 7.99. The van der Waals surface area contributed by atoms with Gasteiger partial charge in [0.25, 0.3) is 0 Å². The highest BCUT2D eigenvalue weighted by Gasteiger charge is 2.33. The van der Waals surface area contributed by atoms with Gasteiger partial charge < -0.3 is 10.4 Å². The Morgan fingerprint density at radius 2 is 2.19 bits per heavy atom. The highest BCUT2D eigenvalue weighted by Crippen LogP contribution is 2.30. The first-order chi connectivity index (χ1) is 7.59. The fraction of sp³-hybridized carbons (Fsp3) is 1.00. The first-order valence-corrected chi connectivity index (χ1v) is 7.78. The fourth-order valence-corrected chi connectivity index (χ4v) is 4.32. The molecule has 0 aromatic heterocycles. The van der Waals surface area contributed by atoms with E-state index in [-0.39, 0.29) is 0 Å². The van der Waals surface area contributed by atoms with Gasteiger partial charge in [-0.05, 0) is 43.3 Å². The zero-order chi connectivity index (χ0) is 11.6. The zero-order valence-electron chi connectivity index (χ0n) is 10.5. The van der Waals surface area contributed by atoms with Crippen molar-refractivity contribution in [1.82, 2.24) is 5.32 Å². The minimum atomic E-state index is -0.423. The van der Waals surface area contributed by atoms with Crippen molar-refractivity contribution in [2.24, 2.45) is 11.8 Å².